The van der Waals surface area contributed by atoms with E-state index in [-0.39, 0.29) is 12.1 Å². The quantitative estimate of drug-likeness (QED) is 0.866. The molecule has 0 saturated heterocycles. The first kappa shape index (κ1) is 13.7. The standard InChI is InChI=1S/C11H20BrN3O/c1-5-8-10(12)9(15(4)14-8)6-13-11(2,3)7-16/h13,16H,5-7H2,1-4H3. The number of aromatic nitrogens is 2. The largest absolute Gasteiger partial charge is 0.394 e. The molecule has 0 atom stereocenters. The lowest BCUT2D eigenvalue weighted by Gasteiger charge is -2.23. The Balaban J connectivity index is 2.78. The van der Waals surface area contributed by atoms with E-state index in [9.17, 15) is 0 Å². The van der Waals surface area contributed by atoms with Gasteiger partial charge in [-0.3, -0.25) is 4.68 Å². The van der Waals surface area contributed by atoms with Gasteiger partial charge in [-0.05, 0) is 36.2 Å². The summed E-state index contributed by atoms with van der Waals surface area (Å²) in [6.07, 6.45) is 0.915. The Morgan fingerprint density at radius 2 is 2.12 bits per heavy atom. The van der Waals surface area contributed by atoms with Crippen molar-refractivity contribution in [3.05, 3.63) is 15.9 Å². The Kier molecular flexibility index (Phi) is 4.52. The zero-order chi connectivity index (χ0) is 12.3. The molecule has 4 nitrogen and oxygen atoms in total. The van der Waals surface area contributed by atoms with Gasteiger partial charge in [0.2, 0.25) is 0 Å². The average molecular weight is 290 g/mol. The third kappa shape index (κ3) is 3.06. The fraction of sp³-hybridized carbons (Fsp3) is 0.727. The molecule has 1 heterocycles. The van der Waals surface area contributed by atoms with Crippen molar-refractivity contribution >= 4 is 15.9 Å². The van der Waals surface area contributed by atoms with Crippen molar-refractivity contribution in [2.24, 2.45) is 7.05 Å². The highest BCUT2D eigenvalue weighted by molar-refractivity contribution is 9.10. The molecule has 2 N–H and O–H groups in total. The number of nitrogens with zero attached hydrogens (tertiary/aromatic N) is 2. The summed E-state index contributed by atoms with van der Waals surface area (Å²) in [7, 11) is 1.94. The number of nitrogens with one attached hydrogen (secondary N) is 1. The molecule has 0 aliphatic rings. The first-order valence-corrected chi connectivity index (χ1v) is 6.26. The molecule has 16 heavy (non-hydrogen) atoms. The van der Waals surface area contributed by atoms with Gasteiger partial charge in [-0.15, -0.1) is 0 Å². The number of aliphatic hydroxyl groups excluding tert-OH is 1. The van der Waals surface area contributed by atoms with Crippen molar-refractivity contribution in [1.29, 1.82) is 0 Å². The van der Waals surface area contributed by atoms with Crippen LogP contribution in [0.25, 0.3) is 0 Å². The van der Waals surface area contributed by atoms with Crippen LogP contribution in [-0.2, 0) is 20.0 Å². The highest BCUT2D eigenvalue weighted by Crippen LogP contribution is 2.21. The van der Waals surface area contributed by atoms with Gasteiger partial charge in [0.25, 0.3) is 0 Å². The Bertz CT molecular complexity index is 360. The topological polar surface area (TPSA) is 50.1 Å². The van der Waals surface area contributed by atoms with E-state index in [0.29, 0.717) is 6.54 Å². The van der Waals surface area contributed by atoms with Crippen LogP contribution in [0.1, 0.15) is 32.2 Å². The van der Waals surface area contributed by atoms with Crippen molar-refractivity contribution in [3.8, 4) is 0 Å². The molecule has 1 rings (SSSR count). The fourth-order valence-corrected chi connectivity index (χ4v) is 2.15. The van der Waals surface area contributed by atoms with E-state index < -0.39 is 0 Å². The first-order chi connectivity index (χ1) is 7.41. The minimum Gasteiger partial charge on any atom is -0.394 e. The molecule has 0 spiro atoms. The number of hydrogen-bond acceptors (Lipinski definition) is 3. The number of halogens is 1. The summed E-state index contributed by atoms with van der Waals surface area (Å²) in [5.41, 5.74) is 1.91. The zero-order valence-electron chi connectivity index (χ0n) is 10.3. The summed E-state index contributed by atoms with van der Waals surface area (Å²) >= 11 is 3.57. The number of aliphatic hydroxyl groups is 1. The predicted octanol–water partition coefficient (Wildman–Crippen LogP) is 1.61. The van der Waals surface area contributed by atoms with Crippen LogP contribution in [-0.4, -0.2) is 27.0 Å². The van der Waals surface area contributed by atoms with Crippen LogP contribution >= 0.6 is 15.9 Å². The van der Waals surface area contributed by atoms with Gasteiger partial charge in [0.05, 0.1) is 22.5 Å². The molecule has 1 aromatic heterocycles. The van der Waals surface area contributed by atoms with Crippen LogP contribution in [0.4, 0.5) is 0 Å². The van der Waals surface area contributed by atoms with Gasteiger partial charge in [0.1, 0.15) is 0 Å². The number of rotatable bonds is 5. The van der Waals surface area contributed by atoms with Gasteiger partial charge in [-0.1, -0.05) is 6.92 Å². The van der Waals surface area contributed by atoms with E-state index >= 15 is 0 Å². The van der Waals surface area contributed by atoms with E-state index in [4.69, 9.17) is 5.11 Å². The predicted molar refractivity (Wildman–Crippen MR) is 68.3 cm³/mol. The highest BCUT2D eigenvalue weighted by Gasteiger charge is 2.18. The Hall–Kier alpha value is -0.390. The van der Waals surface area contributed by atoms with E-state index in [1.165, 1.54) is 0 Å². The summed E-state index contributed by atoms with van der Waals surface area (Å²) < 4.78 is 2.95. The molecular weight excluding hydrogens is 270 g/mol. The third-order valence-electron chi connectivity index (χ3n) is 2.63. The van der Waals surface area contributed by atoms with Gasteiger partial charge >= 0.3 is 0 Å². The van der Waals surface area contributed by atoms with Gasteiger partial charge in [-0.25, -0.2) is 0 Å². The van der Waals surface area contributed by atoms with Crippen LogP contribution in [0.3, 0.4) is 0 Å². The van der Waals surface area contributed by atoms with Crippen molar-refractivity contribution in [1.82, 2.24) is 15.1 Å². The Morgan fingerprint density at radius 3 is 2.56 bits per heavy atom. The van der Waals surface area contributed by atoms with Gasteiger partial charge in [0, 0.05) is 19.1 Å². The maximum atomic E-state index is 9.17. The second-order valence-electron chi connectivity index (χ2n) is 4.58. The zero-order valence-corrected chi connectivity index (χ0v) is 11.9. The molecule has 5 heteroatoms. The molecule has 0 amide bonds. The maximum absolute atomic E-state index is 9.17. The minimum absolute atomic E-state index is 0.114. The monoisotopic (exact) mass is 289 g/mol. The van der Waals surface area contributed by atoms with Crippen LogP contribution in [0, 0.1) is 0 Å². The van der Waals surface area contributed by atoms with Crippen LogP contribution in [0.5, 0.6) is 0 Å². The summed E-state index contributed by atoms with van der Waals surface area (Å²) in [5.74, 6) is 0. The summed E-state index contributed by atoms with van der Waals surface area (Å²) in [4.78, 5) is 0. The van der Waals surface area contributed by atoms with Crippen molar-refractivity contribution in [3.63, 3.8) is 0 Å². The Labute approximate surface area is 105 Å². The first-order valence-electron chi connectivity index (χ1n) is 5.47. The van der Waals surface area contributed by atoms with E-state index in [0.717, 1.165) is 22.3 Å². The van der Waals surface area contributed by atoms with Crippen LogP contribution in [0.2, 0.25) is 0 Å². The van der Waals surface area contributed by atoms with E-state index in [1.54, 1.807) is 0 Å². The van der Waals surface area contributed by atoms with Gasteiger partial charge in [0.15, 0.2) is 0 Å². The summed E-state index contributed by atoms with van der Waals surface area (Å²) in [6.45, 7) is 6.83. The normalized spacial score (nSPS) is 12.1. The van der Waals surface area contributed by atoms with Crippen molar-refractivity contribution in [2.45, 2.75) is 39.3 Å². The lowest BCUT2D eigenvalue weighted by molar-refractivity contribution is 0.186. The summed E-state index contributed by atoms with van der Waals surface area (Å²) in [5, 5.41) is 16.9. The molecule has 1 aromatic rings. The third-order valence-corrected chi connectivity index (χ3v) is 3.55. The molecule has 0 radical (unpaired) electrons. The molecule has 92 valence electrons. The number of hydrogen-bond donors (Lipinski definition) is 2. The maximum Gasteiger partial charge on any atom is 0.0767 e. The van der Waals surface area contributed by atoms with Crippen LogP contribution < -0.4 is 5.32 Å². The van der Waals surface area contributed by atoms with E-state index in [2.05, 4.69) is 33.3 Å². The molecular formula is C11H20BrN3O. The lowest BCUT2D eigenvalue weighted by Crippen LogP contribution is -2.42. The summed E-state index contributed by atoms with van der Waals surface area (Å²) in [6, 6.07) is 0. The molecule has 0 saturated carbocycles. The average Bonchev–Trinajstić information content (AvgIpc) is 2.51. The minimum atomic E-state index is -0.268. The second-order valence-corrected chi connectivity index (χ2v) is 5.37. The molecule has 0 bridgehead atoms. The molecule has 0 aliphatic carbocycles. The fourth-order valence-electron chi connectivity index (χ4n) is 1.39. The van der Waals surface area contributed by atoms with E-state index in [1.807, 2.05) is 25.6 Å². The molecule has 0 aromatic carbocycles. The molecule has 0 aliphatic heterocycles. The highest BCUT2D eigenvalue weighted by atomic mass is 79.9. The smallest absolute Gasteiger partial charge is 0.0767 e. The Morgan fingerprint density at radius 1 is 1.50 bits per heavy atom. The molecule has 0 unspecified atom stereocenters. The lowest BCUT2D eigenvalue weighted by atomic mass is 10.1. The number of aryl methyl sites for hydroxylation is 2. The van der Waals surface area contributed by atoms with Crippen LogP contribution in [0.15, 0.2) is 4.47 Å². The SMILES string of the molecule is CCc1nn(C)c(CNC(C)(C)CO)c1Br. The van der Waals surface area contributed by atoms with Crippen molar-refractivity contribution < 1.29 is 5.11 Å². The van der Waals surface area contributed by atoms with Gasteiger partial charge < -0.3 is 10.4 Å². The second kappa shape index (κ2) is 5.29. The van der Waals surface area contributed by atoms with Gasteiger partial charge in [-0.2, -0.15) is 5.10 Å². The molecule has 0 fully saturated rings. The van der Waals surface area contributed by atoms with Crippen molar-refractivity contribution in [2.75, 3.05) is 6.61 Å².